The Morgan fingerprint density at radius 2 is 2.11 bits per heavy atom. The first-order valence-corrected chi connectivity index (χ1v) is 9.29. The topological polar surface area (TPSA) is 114 Å². The average molecular weight is 401 g/mol. The number of aromatic nitrogens is 2. The van der Waals surface area contributed by atoms with Crippen LogP contribution in [0.15, 0.2) is 39.8 Å². The van der Waals surface area contributed by atoms with Crippen LogP contribution in [0.3, 0.4) is 0 Å². The number of aromatic hydroxyl groups is 1. The second kappa shape index (κ2) is 8.57. The standard InChI is InChI=1S/C19H19N3O5S/c1-26-13-5-3-4-12(17(13)27-2)9-20-18(24)15-16(23)19(25)22-14(21-15)8-11-6-7-28-10-11/h3-7,10,23H,8-9H2,1-2H3,(H,20,24)(H,21,22,25). The number of nitrogens with one attached hydrogen (secondary N) is 2. The molecule has 146 valence electrons. The van der Waals surface area contributed by atoms with Crippen LogP contribution in [0, 0.1) is 0 Å². The van der Waals surface area contributed by atoms with Crippen LogP contribution in [0.25, 0.3) is 0 Å². The van der Waals surface area contributed by atoms with Gasteiger partial charge in [-0.3, -0.25) is 9.59 Å². The minimum atomic E-state index is -0.760. The highest BCUT2D eigenvalue weighted by molar-refractivity contribution is 7.07. The highest BCUT2D eigenvalue weighted by atomic mass is 32.1. The van der Waals surface area contributed by atoms with E-state index < -0.39 is 17.2 Å². The van der Waals surface area contributed by atoms with Crippen molar-refractivity contribution in [2.75, 3.05) is 14.2 Å². The quantitative estimate of drug-likeness (QED) is 0.559. The van der Waals surface area contributed by atoms with Gasteiger partial charge < -0.3 is 24.9 Å². The maximum atomic E-state index is 12.5. The zero-order valence-corrected chi connectivity index (χ0v) is 16.1. The van der Waals surface area contributed by atoms with Crippen molar-refractivity contribution in [3.63, 3.8) is 0 Å². The van der Waals surface area contributed by atoms with E-state index in [0.29, 0.717) is 29.3 Å². The molecule has 2 heterocycles. The van der Waals surface area contributed by atoms with Crippen LogP contribution in [0.1, 0.15) is 27.4 Å². The van der Waals surface area contributed by atoms with Gasteiger partial charge in [0, 0.05) is 18.5 Å². The van der Waals surface area contributed by atoms with Crippen molar-refractivity contribution in [3.8, 4) is 17.2 Å². The third-order valence-corrected chi connectivity index (χ3v) is 4.77. The molecule has 3 N–H and O–H groups in total. The van der Waals surface area contributed by atoms with E-state index in [1.54, 1.807) is 18.2 Å². The maximum Gasteiger partial charge on any atom is 0.293 e. The van der Waals surface area contributed by atoms with E-state index in [1.165, 1.54) is 25.6 Å². The van der Waals surface area contributed by atoms with Crippen LogP contribution in [0.4, 0.5) is 0 Å². The zero-order chi connectivity index (χ0) is 20.1. The van der Waals surface area contributed by atoms with Crippen LogP contribution < -0.4 is 20.3 Å². The third kappa shape index (κ3) is 4.15. The number of hydrogen-bond acceptors (Lipinski definition) is 7. The van der Waals surface area contributed by atoms with E-state index in [1.807, 2.05) is 16.8 Å². The molecule has 0 saturated heterocycles. The molecule has 0 spiro atoms. The van der Waals surface area contributed by atoms with E-state index in [9.17, 15) is 14.7 Å². The summed E-state index contributed by atoms with van der Waals surface area (Å²) in [6, 6.07) is 7.18. The van der Waals surface area contributed by atoms with Crippen molar-refractivity contribution in [1.82, 2.24) is 15.3 Å². The number of nitrogens with zero attached hydrogens (tertiary/aromatic N) is 1. The summed E-state index contributed by atoms with van der Waals surface area (Å²) in [4.78, 5) is 31.2. The zero-order valence-electron chi connectivity index (χ0n) is 15.3. The van der Waals surface area contributed by atoms with Gasteiger partial charge in [0.1, 0.15) is 5.82 Å². The molecule has 3 aromatic rings. The predicted molar refractivity (Wildman–Crippen MR) is 104 cm³/mol. The van der Waals surface area contributed by atoms with Crippen LogP contribution >= 0.6 is 11.3 Å². The SMILES string of the molecule is COc1cccc(CNC(=O)c2nc(Cc3ccsc3)[nH]c(=O)c2O)c1OC. The Morgan fingerprint density at radius 1 is 1.29 bits per heavy atom. The van der Waals surface area contributed by atoms with Crippen molar-refractivity contribution >= 4 is 17.2 Å². The highest BCUT2D eigenvalue weighted by Crippen LogP contribution is 2.30. The lowest BCUT2D eigenvalue weighted by atomic mass is 10.1. The number of carbonyl (C=O) groups excluding carboxylic acids is 1. The number of para-hydroxylation sites is 1. The van der Waals surface area contributed by atoms with E-state index >= 15 is 0 Å². The maximum absolute atomic E-state index is 12.5. The van der Waals surface area contributed by atoms with Crippen molar-refractivity contribution < 1.29 is 19.4 Å². The molecule has 0 bridgehead atoms. The Kier molecular flexibility index (Phi) is 5.95. The lowest BCUT2D eigenvalue weighted by molar-refractivity contribution is 0.0941. The van der Waals surface area contributed by atoms with Gasteiger partial charge in [0.15, 0.2) is 17.2 Å². The Hall–Kier alpha value is -3.33. The molecule has 2 aromatic heterocycles. The lowest BCUT2D eigenvalue weighted by Crippen LogP contribution is -2.27. The van der Waals surface area contributed by atoms with Gasteiger partial charge in [-0.05, 0) is 28.5 Å². The smallest absolute Gasteiger partial charge is 0.293 e. The van der Waals surface area contributed by atoms with Gasteiger partial charge in [0.05, 0.1) is 14.2 Å². The molecule has 0 unspecified atom stereocenters. The van der Waals surface area contributed by atoms with Crippen molar-refractivity contribution in [3.05, 3.63) is 68.0 Å². The number of rotatable bonds is 7. The molecular weight excluding hydrogens is 382 g/mol. The number of benzene rings is 1. The first-order valence-electron chi connectivity index (χ1n) is 8.34. The molecule has 0 fully saturated rings. The lowest BCUT2D eigenvalue weighted by Gasteiger charge is -2.13. The molecule has 0 aliphatic rings. The molecule has 0 atom stereocenters. The normalized spacial score (nSPS) is 10.5. The van der Waals surface area contributed by atoms with Crippen molar-refractivity contribution in [2.24, 2.45) is 0 Å². The molecule has 28 heavy (non-hydrogen) atoms. The Morgan fingerprint density at radius 3 is 2.79 bits per heavy atom. The summed E-state index contributed by atoms with van der Waals surface area (Å²) < 4.78 is 10.6. The summed E-state index contributed by atoms with van der Waals surface area (Å²) in [5.74, 6) is -0.0644. The molecule has 3 rings (SSSR count). The number of amides is 1. The number of thiophene rings is 1. The summed E-state index contributed by atoms with van der Waals surface area (Å²) in [7, 11) is 3.03. The summed E-state index contributed by atoms with van der Waals surface area (Å²) in [5, 5.41) is 16.5. The molecule has 0 radical (unpaired) electrons. The van der Waals surface area contributed by atoms with Gasteiger partial charge in [-0.25, -0.2) is 4.98 Å². The van der Waals surface area contributed by atoms with Gasteiger partial charge in [-0.15, -0.1) is 0 Å². The van der Waals surface area contributed by atoms with Gasteiger partial charge >= 0.3 is 0 Å². The molecule has 8 nitrogen and oxygen atoms in total. The first kappa shape index (κ1) is 19.4. The Labute approximate surface area is 164 Å². The van der Waals surface area contributed by atoms with Gasteiger partial charge in [-0.2, -0.15) is 11.3 Å². The molecular formula is C19H19N3O5S. The van der Waals surface area contributed by atoms with Crippen LogP contribution in [-0.4, -0.2) is 35.2 Å². The van der Waals surface area contributed by atoms with E-state index in [-0.39, 0.29) is 12.2 Å². The predicted octanol–water partition coefficient (Wildman–Crippen LogP) is 2.07. The Balaban J connectivity index is 1.81. The first-order chi connectivity index (χ1) is 13.5. The fourth-order valence-electron chi connectivity index (χ4n) is 2.69. The summed E-state index contributed by atoms with van der Waals surface area (Å²) >= 11 is 1.52. The minimum absolute atomic E-state index is 0.104. The minimum Gasteiger partial charge on any atom is -0.501 e. The monoisotopic (exact) mass is 401 g/mol. The second-order valence-corrected chi connectivity index (χ2v) is 6.63. The van der Waals surface area contributed by atoms with E-state index in [4.69, 9.17) is 9.47 Å². The second-order valence-electron chi connectivity index (χ2n) is 5.85. The summed E-state index contributed by atoms with van der Waals surface area (Å²) in [5.41, 5.74) is 0.546. The fraction of sp³-hybridized carbons (Fsp3) is 0.211. The number of H-pyrrole nitrogens is 1. The number of methoxy groups -OCH3 is 2. The van der Waals surface area contributed by atoms with E-state index in [0.717, 1.165) is 5.56 Å². The van der Waals surface area contributed by atoms with Crippen LogP contribution in [0.5, 0.6) is 17.2 Å². The fourth-order valence-corrected chi connectivity index (χ4v) is 3.36. The van der Waals surface area contributed by atoms with Crippen LogP contribution in [-0.2, 0) is 13.0 Å². The van der Waals surface area contributed by atoms with Gasteiger partial charge in [0.2, 0.25) is 5.75 Å². The molecule has 0 aliphatic heterocycles. The molecule has 0 saturated carbocycles. The number of ether oxygens (including phenoxy) is 2. The largest absolute Gasteiger partial charge is 0.501 e. The van der Waals surface area contributed by atoms with Gasteiger partial charge in [-0.1, -0.05) is 12.1 Å². The Bertz CT molecular complexity index is 1030. The summed E-state index contributed by atoms with van der Waals surface area (Å²) in [6.07, 6.45) is 0.350. The van der Waals surface area contributed by atoms with Crippen molar-refractivity contribution in [1.29, 1.82) is 0 Å². The molecule has 9 heteroatoms. The molecule has 1 amide bonds. The van der Waals surface area contributed by atoms with Crippen molar-refractivity contribution in [2.45, 2.75) is 13.0 Å². The van der Waals surface area contributed by atoms with Crippen LogP contribution in [0.2, 0.25) is 0 Å². The number of carbonyl (C=O) groups is 1. The summed E-state index contributed by atoms with van der Waals surface area (Å²) in [6.45, 7) is 0.104. The highest BCUT2D eigenvalue weighted by Gasteiger charge is 2.19. The van der Waals surface area contributed by atoms with E-state index in [2.05, 4.69) is 15.3 Å². The molecule has 1 aromatic carbocycles. The number of aromatic amines is 1. The molecule has 0 aliphatic carbocycles. The third-order valence-electron chi connectivity index (χ3n) is 4.03. The average Bonchev–Trinajstić information content (AvgIpc) is 3.21. The van der Waals surface area contributed by atoms with Gasteiger partial charge in [0.25, 0.3) is 11.5 Å². The number of hydrogen-bond donors (Lipinski definition) is 3.